The van der Waals surface area contributed by atoms with E-state index in [1.807, 2.05) is 23.6 Å². The molecule has 0 aliphatic carbocycles. The second-order valence-corrected chi connectivity index (χ2v) is 8.09. The molecule has 1 fully saturated rings. The first-order valence-electron chi connectivity index (χ1n) is 8.02. The molecule has 2 aliphatic rings. The SMILES string of the molecule is O=C(Cc1csc(-c2ccc3c(c2)OCO3)n1)NC1(C(=O)O)CCSC1. The minimum atomic E-state index is -1.15. The van der Waals surface area contributed by atoms with Gasteiger partial charge in [0.2, 0.25) is 12.7 Å². The molecule has 1 aromatic carbocycles. The number of carboxylic acid groups (broad SMARTS) is 1. The summed E-state index contributed by atoms with van der Waals surface area (Å²) in [6, 6.07) is 5.59. The van der Waals surface area contributed by atoms with Crippen molar-refractivity contribution in [1.82, 2.24) is 10.3 Å². The lowest BCUT2D eigenvalue weighted by Crippen LogP contribution is -2.55. The van der Waals surface area contributed by atoms with Gasteiger partial charge < -0.3 is 19.9 Å². The number of ether oxygens (including phenoxy) is 2. The Bertz CT molecular complexity index is 861. The summed E-state index contributed by atoms with van der Waals surface area (Å²) in [6.07, 6.45) is 0.499. The Labute approximate surface area is 157 Å². The van der Waals surface area contributed by atoms with E-state index in [1.165, 1.54) is 23.1 Å². The van der Waals surface area contributed by atoms with E-state index in [-0.39, 0.29) is 19.1 Å². The van der Waals surface area contributed by atoms with Crippen molar-refractivity contribution in [3.63, 3.8) is 0 Å². The number of thiazole rings is 1. The highest BCUT2D eigenvalue weighted by Crippen LogP contribution is 2.36. The highest BCUT2D eigenvalue weighted by Gasteiger charge is 2.43. The predicted octanol–water partition coefficient (Wildman–Crippen LogP) is 2.16. The first-order valence-corrected chi connectivity index (χ1v) is 10.1. The number of carboxylic acids is 1. The maximum Gasteiger partial charge on any atom is 0.330 e. The number of hydrogen-bond acceptors (Lipinski definition) is 7. The molecule has 2 N–H and O–H groups in total. The molecule has 0 saturated carbocycles. The van der Waals surface area contributed by atoms with Crippen molar-refractivity contribution in [2.45, 2.75) is 18.4 Å². The Hall–Kier alpha value is -2.26. The average molecular weight is 392 g/mol. The Morgan fingerprint density at radius 2 is 2.15 bits per heavy atom. The number of aromatic nitrogens is 1. The summed E-state index contributed by atoms with van der Waals surface area (Å²) in [6.45, 7) is 0.214. The van der Waals surface area contributed by atoms with Crippen molar-refractivity contribution < 1.29 is 24.2 Å². The van der Waals surface area contributed by atoms with Crippen LogP contribution in [0.1, 0.15) is 12.1 Å². The highest BCUT2D eigenvalue weighted by atomic mass is 32.2. The van der Waals surface area contributed by atoms with Crippen LogP contribution in [0.15, 0.2) is 23.6 Å². The number of aliphatic carboxylic acids is 1. The van der Waals surface area contributed by atoms with E-state index >= 15 is 0 Å². The molecule has 136 valence electrons. The largest absolute Gasteiger partial charge is 0.479 e. The number of amides is 1. The van der Waals surface area contributed by atoms with E-state index in [0.29, 0.717) is 29.4 Å². The first kappa shape index (κ1) is 17.2. The zero-order chi connectivity index (χ0) is 18.1. The van der Waals surface area contributed by atoms with Gasteiger partial charge in [-0.1, -0.05) is 0 Å². The Balaban J connectivity index is 1.45. The minimum Gasteiger partial charge on any atom is -0.479 e. The van der Waals surface area contributed by atoms with Crippen LogP contribution in [0, 0.1) is 0 Å². The number of nitrogens with one attached hydrogen (secondary N) is 1. The summed E-state index contributed by atoms with van der Waals surface area (Å²) < 4.78 is 10.7. The lowest BCUT2D eigenvalue weighted by Gasteiger charge is -2.24. The van der Waals surface area contributed by atoms with Crippen LogP contribution < -0.4 is 14.8 Å². The molecule has 3 heterocycles. The Kier molecular flexibility index (Phi) is 4.49. The zero-order valence-corrected chi connectivity index (χ0v) is 15.3. The van der Waals surface area contributed by atoms with Gasteiger partial charge in [0.25, 0.3) is 0 Å². The van der Waals surface area contributed by atoms with Crippen LogP contribution in [0.3, 0.4) is 0 Å². The zero-order valence-electron chi connectivity index (χ0n) is 13.7. The van der Waals surface area contributed by atoms with E-state index in [0.717, 1.165) is 16.3 Å². The summed E-state index contributed by atoms with van der Waals surface area (Å²) in [5.41, 5.74) is 0.351. The lowest BCUT2D eigenvalue weighted by molar-refractivity contribution is -0.146. The van der Waals surface area contributed by atoms with Gasteiger partial charge in [0.05, 0.1) is 12.1 Å². The van der Waals surface area contributed by atoms with Crippen LogP contribution in [-0.4, -0.2) is 45.8 Å². The summed E-state index contributed by atoms with van der Waals surface area (Å²) in [5.74, 6) is 1.22. The second-order valence-electron chi connectivity index (χ2n) is 6.13. The van der Waals surface area contributed by atoms with Crippen LogP contribution >= 0.6 is 23.1 Å². The van der Waals surface area contributed by atoms with Crippen LogP contribution in [0.5, 0.6) is 11.5 Å². The van der Waals surface area contributed by atoms with Gasteiger partial charge in [-0.2, -0.15) is 11.8 Å². The molecule has 1 atom stereocenters. The van der Waals surface area contributed by atoms with Gasteiger partial charge in [0.15, 0.2) is 11.5 Å². The van der Waals surface area contributed by atoms with Crippen molar-refractivity contribution in [2.24, 2.45) is 0 Å². The summed E-state index contributed by atoms with van der Waals surface area (Å²) in [4.78, 5) is 28.3. The van der Waals surface area contributed by atoms with Gasteiger partial charge in [0, 0.05) is 16.7 Å². The maximum absolute atomic E-state index is 12.3. The maximum atomic E-state index is 12.3. The Morgan fingerprint density at radius 1 is 1.31 bits per heavy atom. The average Bonchev–Trinajstić information content (AvgIpc) is 3.34. The second kappa shape index (κ2) is 6.81. The molecular formula is C17H16N2O5S2. The van der Waals surface area contributed by atoms with Gasteiger partial charge in [-0.3, -0.25) is 4.79 Å². The number of hydrogen-bond donors (Lipinski definition) is 2. The fraction of sp³-hybridized carbons (Fsp3) is 0.353. The standard InChI is InChI=1S/C17H16N2O5S2/c20-14(19-17(16(21)22)3-4-25-8-17)6-11-7-26-15(18-11)10-1-2-12-13(5-10)24-9-23-12/h1-2,5,7H,3-4,6,8-9H2,(H,19,20)(H,21,22). The van der Waals surface area contributed by atoms with Crippen LogP contribution in [0.4, 0.5) is 0 Å². The van der Waals surface area contributed by atoms with Crippen molar-refractivity contribution in [3.05, 3.63) is 29.3 Å². The number of carbonyl (C=O) groups excluding carboxylic acids is 1. The molecule has 0 radical (unpaired) electrons. The molecule has 2 aliphatic heterocycles. The van der Waals surface area contributed by atoms with Crippen LogP contribution in [0.25, 0.3) is 10.6 Å². The number of thioether (sulfide) groups is 1. The fourth-order valence-corrected chi connectivity index (χ4v) is 5.05. The summed E-state index contributed by atoms with van der Waals surface area (Å²) in [5, 5.41) is 14.7. The van der Waals surface area contributed by atoms with E-state index in [1.54, 1.807) is 0 Å². The minimum absolute atomic E-state index is 0.0563. The van der Waals surface area contributed by atoms with Crippen molar-refractivity contribution in [3.8, 4) is 22.1 Å². The van der Waals surface area contributed by atoms with E-state index < -0.39 is 11.5 Å². The molecule has 1 amide bonds. The van der Waals surface area contributed by atoms with Gasteiger partial charge >= 0.3 is 5.97 Å². The van der Waals surface area contributed by atoms with Crippen molar-refractivity contribution >= 4 is 35.0 Å². The molecule has 4 rings (SSSR count). The van der Waals surface area contributed by atoms with Gasteiger partial charge in [0.1, 0.15) is 10.5 Å². The van der Waals surface area contributed by atoms with E-state index in [9.17, 15) is 14.7 Å². The summed E-state index contributed by atoms with van der Waals surface area (Å²) in [7, 11) is 0. The van der Waals surface area contributed by atoms with E-state index in [2.05, 4.69) is 10.3 Å². The van der Waals surface area contributed by atoms with Gasteiger partial charge in [-0.05, 0) is 30.4 Å². The normalized spacial score (nSPS) is 20.9. The van der Waals surface area contributed by atoms with E-state index in [4.69, 9.17) is 9.47 Å². The number of benzene rings is 1. The van der Waals surface area contributed by atoms with Crippen molar-refractivity contribution in [1.29, 1.82) is 0 Å². The predicted molar refractivity (Wildman–Crippen MR) is 97.8 cm³/mol. The quantitative estimate of drug-likeness (QED) is 0.805. The molecule has 1 unspecified atom stereocenters. The molecule has 9 heteroatoms. The van der Waals surface area contributed by atoms with Crippen LogP contribution in [0.2, 0.25) is 0 Å². The topological polar surface area (TPSA) is 97.8 Å². The number of carbonyl (C=O) groups is 2. The fourth-order valence-electron chi connectivity index (χ4n) is 2.91. The molecule has 26 heavy (non-hydrogen) atoms. The third-order valence-corrected chi connectivity index (χ3v) is 6.45. The lowest BCUT2D eigenvalue weighted by atomic mass is 9.99. The molecule has 1 saturated heterocycles. The third-order valence-electron chi connectivity index (χ3n) is 4.32. The van der Waals surface area contributed by atoms with Gasteiger partial charge in [-0.15, -0.1) is 11.3 Å². The molecule has 1 aromatic heterocycles. The highest BCUT2D eigenvalue weighted by molar-refractivity contribution is 7.99. The monoisotopic (exact) mass is 392 g/mol. The molecular weight excluding hydrogens is 376 g/mol. The molecule has 0 bridgehead atoms. The van der Waals surface area contributed by atoms with Gasteiger partial charge in [-0.25, -0.2) is 9.78 Å². The summed E-state index contributed by atoms with van der Waals surface area (Å²) >= 11 is 2.97. The van der Waals surface area contributed by atoms with Crippen LogP contribution in [-0.2, 0) is 16.0 Å². The van der Waals surface area contributed by atoms with Crippen molar-refractivity contribution in [2.75, 3.05) is 18.3 Å². The molecule has 7 nitrogen and oxygen atoms in total. The Morgan fingerprint density at radius 3 is 2.92 bits per heavy atom. The third kappa shape index (κ3) is 3.24. The first-order chi connectivity index (χ1) is 12.6. The number of fused-ring (bicyclic) bond motifs is 1. The smallest absolute Gasteiger partial charge is 0.330 e. The number of rotatable bonds is 5. The number of nitrogens with zero attached hydrogens (tertiary/aromatic N) is 1. The molecule has 0 spiro atoms. The molecule has 2 aromatic rings.